The molecule has 2 aromatic rings. The summed E-state index contributed by atoms with van der Waals surface area (Å²) >= 11 is 0. The van der Waals surface area contributed by atoms with Crippen molar-refractivity contribution in [1.82, 2.24) is 9.47 Å². The highest BCUT2D eigenvalue weighted by Gasteiger charge is 2.39. The number of benzene rings is 1. The van der Waals surface area contributed by atoms with Gasteiger partial charge in [0.15, 0.2) is 0 Å². The largest absolute Gasteiger partial charge is 0.363 e. The van der Waals surface area contributed by atoms with E-state index in [0.29, 0.717) is 12.3 Å². The molecule has 1 saturated heterocycles. The van der Waals surface area contributed by atoms with E-state index in [1.807, 2.05) is 0 Å². The molecule has 0 spiro atoms. The lowest BCUT2D eigenvalue weighted by Crippen LogP contribution is -2.51. The maximum Gasteiger partial charge on any atom is 0.113 e. The Kier molecular flexibility index (Phi) is 2.53. The molecular weight excluding hydrogens is 260 g/mol. The van der Waals surface area contributed by atoms with Crippen molar-refractivity contribution in [2.75, 3.05) is 13.2 Å². The van der Waals surface area contributed by atoms with E-state index in [1.165, 1.54) is 42.1 Å². The Morgan fingerprint density at radius 1 is 1.19 bits per heavy atom. The lowest BCUT2D eigenvalue weighted by molar-refractivity contribution is -0.166. The van der Waals surface area contributed by atoms with Crippen LogP contribution in [0.3, 0.4) is 0 Å². The van der Waals surface area contributed by atoms with E-state index in [0.717, 1.165) is 19.7 Å². The molecular formula is C18H22N2O. The van der Waals surface area contributed by atoms with E-state index in [2.05, 4.69) is 34.6 Å². The van der Waals surface area contributed by atoms with Crippen LogP contribution in [-0.4, -0.2) is 28.8 Å². The third kappa shape index (κ3) is 1.62. The van der Waals surface area contributed by atoms with Crippen molar-refractivity contribution in [3.8, 4) is 0 Å². The average molecular weight is 282 g/mol. The van der Waals surface area contributed by atoms with Gasteiger partial charge in [0.2, 0.25) is 0 Å². The second kappa shape index (κ2) is 4.34. The van der Waals surface area contributed by atoms with Crippen LogP contribution in [0.2, 0.25) is 0 Å². The normalized spacial score (nSPS) is 28.4. The molecule has 0 unspecified atom stereocenters. The van der Waals surface area contributed by atoms with Gasteiger partial charge in [-0.1, -0.05) is 11.6 Å². The summed E-state index contributed by atoms with van der Waals surface area (Å²) in [5.41, 5.74) is 6.05. The number of nitrogens with zero attached hydrogens (tertiary/aromatic N) is 2. The molecule has 3 nitrogen and oxygen atoms in total. The predicted octanol–water partition coefficient (Wildman–Crippen LogP) is 3.39. The Labute approximate surface area is 125 Å². The zero-order valence-corrected chi connectivity index (χ0v) is 12.6. The Bertz CT molecular complexity index is 714. The van der Waals surface area contributed by atoms with Gasteiger partial charge in [-0.15, -0.1) is 0 Å². The second-order valence-corrected chi connectivity index (χ2v) is 6.80. The van der Waals surface area contributed by atoms with Crippen molar-refractivity contribution < 1.29 is 4.74 Å². The molecule has 1 fully saturated rings. The molecule has 21 heavy (non-hydrogen) atoms. The minimum absolute atomic E-state index is 0.384. The van der Waals surface area contributed by atoms with Crippen LogP contribution >= 0.6 is 0 Å². The second-order valence-electron chi connectivity index (χ2n) is 6.80. The summed E-state index contributed by atoms with van der Waals surface area (Å²) in [6.45, 7) is 5.41. The van der Waals surface area contributed by atoms with Crippen molar-refractivity contribution in [3.05, 3.63) is 35.0 Å². The first-order valence-corrected chi connectivity index (χ1v) is 8.32. The summed E-state index contributed by atoms with van der Waals surface area (Å²) in [5.74, 6) is 0. The molecule has 5 rings (SSSR count). The summed E-state index contributed by atoms with van der Waals surface area (Å²) in [6, 6.07) is 7.56. The van der Waals surface area contributed by atoms with Gasteiger partial charge in [-0.05, 0) is 43.9 Å². The van der Waals surface area contributed by atoms with Crippen LogP contribution < -0.4 is 0 Å². The van der Waals surface area contributed by atoms with Crippen molar-refractivity contribution in [1.29, 1.82) is 0 Å². The van der Waals surface area contributed by atoms with E-state index < -0.39 is 0 Å². The molecule has 3 heterocycles. The van der Waals surface area contributed by atoms with E-state index in [4.69, 9.17) is 4.74 Å². The number of rotatable bonds is 1. The van der Waals surface area contributed by atoms with Crippen LogP contribution in [0.15, 0.2) is 18.2 Å². The molecule has 2 aliphatic heterocycles. The molecule has 1 aliphatic carbocycles. The zero-order chi connectivity index (χ0) is 14.0. The van der Waals surface area contributed by atoms with E-state index in [9.17, 15) is 0 Å². The molecule has 0 N–H and O–H groups in total. The summed E-state index contributed by atoms with van der Waals surface area (Å²) in [7, 11) is 0. The maximum atomic E-state index is 5.79. The van der Waals surface area contributed by atoms with Gasteiger partial charge in [-0.2, -0.15) is 0 Å². The highest BCUT2D eigenvalue weighted by molar-refractivity contribution is 5.87. The highest BCUT2D eigenvalue weighted by atomic mass is 16.5. The Morgan fingerprint density at radius 3 is 2.90 bits per heavy atom. The van der Waals surface area contributed by atoms with Gasteiger partial charge in [-0.3, -0.25) is 4.90 Å². The summed E-state index contributed by atoms with van der Waals surface area (Å²) in [4.78, 5) is 2.63. The first kappa shape index (κ1) is 12.2. The van der Waals surface area contributed by atoms with Gasteiger partial charge in [0, 0.05) is 36.1 Å². The van der Waals surface area contributed by atoms with Crippen LogP contribution in [0, 0.1) is 6.92 Å². The minimum Gasteiger partial charge on any atom is -0.363 e. The molecule has 1 aromatic carbocycles. The summed E-state index contributed by atoms with van der Waals surface area (Å²) < 4.78 is 8.39. The fourth-order valence-corrected chi connectivity index (χ4v) is 4.57. The van der Waals surface area contributed by atoms with Crippen molar-refractivity contribution in [3.63, 3.8) is 0 Å². The summed E-state index contributed by atoms with van der Waals surface area (Å²) in [5, 5.41) is 1.51. The zero-order valence-electron chi connectivity index (χ0n) is 12.6. The van der Waals surface area contributed by atoms with Crippen molar-refractivity contribution in [2.45, 2.75) is 51.4 Å². The molecule has 2 atom stereocenters. The molecule has 110 valence electrons. The fraction of sp³-hybridized carbons (Fsp3) is 0.556. The van der Waals surface area contributed by atoms with Gasteiger partial charge in [-0.25, -0.2) is 0 Å². The molecule has 3 aliphatic rings. The minimum atomic E-state index is 0.384. The van der Waals surface area contributed by atoms with Crippen LogP contribution in [0.4, 0.5) is 0 Å². The van der Waals surface area contributed by atoms with Gasteiger partial charge >= 0.3 is 0 Å². The number of aromatic nitrogens is 1. The first-order chi connectivity index (χ1) is 10.3. The summed E-state index contributed by atoms with van der Waals surface area (Å²) in [6.07, 6.45) is 5.45. The lowest BCUT2D eigenvalue weighted by atomic mass is 9.89. The monoisotopic (exact) mass is 282 g/mol. The Morgan fingerprint density at radius 2 is 2.10 bits per heavy atom. The number of hydrogen-bond acceptors (Lipinski definition) is 2. The molecule has 1 aromatic heterocycles. The van der Waals surface area contributed by atoms with Crippen molar-refractivity contribution >= 4 is 10.9 Å². The van der Waals surface area contributed by atoms with Crippen LogP contribution in [0.1, 0.15) is 42.1 Å². The standard InChI is InChI=1S/C18H22N2O/c1-12-5-6-15-14(11-12)13-3-2-4-16-18(13)20(15)9-8-19(16)17-7-10-21-17/h5-6,11,16-17H,2-4,7-10H2,1H3/t16-,17-/m1/s1. The van der Waals surface area contributed by atoms with Gasteiger partial charge < -0.3 is 9.30 Å². The molecule has 0 saturated carbocycles. The number of aryl methyl sites for hydroxylation is 2. The predicted molar refractivity (Wildman–Crippen MR) is 83.4 cm³/mol. The third-order valence-corrected chi connectivity index (χ3v) is 5.62. The number of fused-ring (bicyclic) bond motifs is 3. The van der Waals surface area contributed by atoms with Crippen LogP contribution in [0.25, 0.3) is 10.9 Å². The maximum absolute atomic E-state index is 5.79. The van der Waals surface area contributed by atoms with E-state index in [1.54, 1.807) is 11.3 Å². The van der Waals surface area contributed by atoms with Gasteiger partial charge in [0.25, 0.3) is 0 Å². The number of hydrogen-bond donors (Lipinski definition) is 0. The van der Waals surface area contributed by atoms with Crippen LogP contribution in [0.5, 0.6) is 0 Å². The van der Waals surface area contributed by atoms with Gasteiger partial charge in [0.05, 0.1) is 12.6 Å². The molecule has 0 radical (unpaired) electrons. The van der Waals surface area contributed by atoms with E-state index >= 15 is 0 Å². The smallest absolute Gasteiger partial charge is 0.113 e. The molecule has 0 bridgehead atoms. The first-order valence-electron chi connectivity index (χ1n) is 8.32. The Hall–Kier alpha value is -1.32. The van der Waals surface area contributed by atoms with Gasteiger partial charge in [0.1, 0.15) is 6.23 Å². The lowest BCUT2D eigenvalue weighted by Gasteiger charge is -2.46. The fourth-order valence-electron chi connectivity index (χ4n) is 4.57. The van der Waals surface area contributed by atoms with Crippen molar-refractivity contribution in [2.24, 2.45) is 0 Å². The SMILES string of the molecule is Cc1ccc2c(c1)c1c3n2CCN([C@H]2CCO2)[C@@H]3CCC1. The Balaban J connectivity index is 1.71. The third-order valence-electron chi connectivity index (χ3n) is 5.62. The highest BCUT2D eigenvalue weighted by Crippen LogP contribution is 2.44. The van der Waals surface area contributed by atoms with Crippen LogP contribution in [-0.2, 0) is 17.7 Å². The van der Waals surface area contributed by atoms with E-state index in [-0.39, 0.29) is 0 Å². The molecule has 3 heteroatoms. The number of ether oxygens (including phenoxy) is 1. The molecule has 0 amide bonds. The quantitative estimate of drug-likeness (QED) is 0.797. The average Bonchev–Trinajstić information content (AvgIpc) is 2.75. The topological polar surface area (TPSA) is 17.4 Å².